The maximum absolute atomic E-state index is 12.1. The summed E-state index contributed by atoms with van der Waals surface area (Å²) in [6.07, 6.45) is 4.58. The predicted molar refractivity (Wildman–Crippen MR) is 72.8 cm³/mol. The second-order valence-corrected chi connectivity index (χ2v) is 4.35. The molecule has 0 bridgehead atoms. The summed E-state index contributed by atoms with van der Waals surface area (Å²) in [6.45, 7) is 2.05. The van der Waals surface area contributed by atoms with E-state index in [1.165, 1.54) is 0 Å². The van der Waals surface area contributed by atoms with Crippen molar-refractivity contribution in [2.24, 2.45) is 0 Å². The van der Waals surface area contributed by atoms with Gasteiger partial charge >= 0.3 is 0 Å². The van der Waals surface area contributed by atoms with Crippen LogP contribution in [0.4, 0.5) is 0 Å². The van der Waals surface area contributed by atoms with E-state index in [0.717, 1.165) is 11.9 Å². The third-order valence-electron chi connectivity index (χ3n) is 3.04. The number of aromatic nitrogens is 2. The van der Waals surface area contributed by atoms with Crippen LogP contribution in [0.2, 0.25) is 0 Å². The van der Waals surface area contributed by atoms with Gasteiger partial charge in [-0.25, -0.2) is 0 Å². The quantitative estimate of drug-likeness (QED) is 0.853. The van der Waals surface area contributed by atoms with Crippen LogP contribution in [0, 0.1) is 0 Å². The van der Waals surface area contributed by atoms with Crippen molar-refractivity contribution in [1.82, 2.24) is 15.3 Å². The Morgan fingerprint density at radius 2 is 2.05 bits per heavy atom. The zero-order valence-corrected chi connectivity index (χ0v) is 10.8. The van der Waals surface area contributed by atoms with E-state index in [1.54, 1.807) is 30.6 Å². The van der Waals surface area contributed by atoms with Crippen LogP contribution in [-0.4, -0.2) is 33.6 Å². The molecule has 0 radical (unpaired) electrons. The van der Waals surface area contributed by atoms with E-state index in [1.807, 2.05) is 6.92 Å². The molecule has 0 aliphatic rings. The van der Waals surface area contributed by atoms with E-state index in [2.05, 4.69) is 15.3 Å². The van der Waals surface area contributed by atoms with Crippen LogP contribution in [0.3, 0.4) is 0 Å². The summed E-state index contributed by atoms with van der Waals surface area (Å²) in [5.41, 5.74) is 2.02. The summed E-state index contributed by atoms with van der Waals surface area (Å²) in [6, 6.07) is 5.24. The van der Waals surface area contributed by atoms with Crippen molar-refractivity contribution in [3.05, 3.63) is 36.2 Å². The molecule has 1 atom stereocenters. The van der Waals surface area contributed by atoms with Crippen LogP contribution in [-0.2, 0) is 0 Å². The average molecular weight is 259 g/mol. The molecular formula is C14H17N3O2. The van der Waals surface area contributed by atoms with Crippen molar-refractivity contribution >= 4 is 16.9 Å². The van der Waals surface area contributed by atoms with Crippen LogP contribution in [0.15, 0.2) is 30.6 Å². The highest BCUT2D eigenvalue weighted by atomic mass is 16.3. The van der Waals surface area contributed by atoms with Crippen LogP contribution >= 0.6 is 0 Å². The van der Waals surface area contributed by atoms with Crippen molar-refractivity contribution in [2.75, 3.05) is 6.61 Å². The first-order valence-electron chi connectivity index (χ1n) is 6.37. The molecule has 0 saturated carbocycles. The van der Waals surface area contributed by atoms with Gasteiger partial charge in [-0.05, 0) is 31.0 Å². The molecule has 1 aromatic heterocycles. The van der Waals surface area contributed by atoms with E-state index in [-0.39, 0.29) is 18.6 Å². The first kappa shape index (κ1) is 13.4. The molecule has 1 unspecified atom stereocenters. The number of carbonyl (C=O) groups excluding carboxylic acids is 1. The summed E-state index contributed by atoms with van der Waals surface area (Å²) >= 11 is 0. The number of benzene rings is 1. The monoisotopic (exact) mass is 259 g/mol. The lowest BCUT2D eigenvalue weighted by molar-refractivity contribution is 0.0929. The number of amides is 1. The van der Waals surface area contributed by atoms with Gasteiger partial charge in [0.2, 0.25) is 0 Å². The number of rotatable bonds is 5. The van der Waals surface area contributed by atoms with Gasteiger partial charge in [-0.3, -0.25) is 14.8 Å². The Morgan fingerprint density at radius 3 is 2.74 bits per heavy atom. The molecule has 2 aromatic rings. The molecule has 5 heteroatoms. The number of nitrogens with zero attached hydrogens (tertiary/aromatic N) is 2. The number of aliphatic hydroxyl groups excluding tert-OH is 1. The maximum Gasteiger partial charge on any atom is 0.251 e. The summed E-state index contributed by atoms with van der Waals surface area (Å²) in [7, 11) is 0. The zero-order valence-electron chi connectivity index (χ0n) is 10.8. The standard InChI is InChI=1S/C14H17N3O2/c1-2-11(5-8-18)17-14(19)10-3-4-12-13(9-10)16-7-6-15-12/h3-4,6-7,9,11,18H,2,5,8H2,1H3,(H,17,19). The summed E-state index contributed by atoms with van der Waals surface area (Å²) in [4.78, 5) is 20.4. The number of hydrogen-bond donors (Lipinski definition) is 2. The van der Waals surface area contributed by atoms with Gasteiger partial charge in [0.15, 0.2) is 0 Å². The molecule has 5 nitrogen and oxygen atoms in total. The van der Waals surface area contributed by atoms with E-state index in [9.17, 15) is 4.79 Å². The van der Waals surface area contributed by atoms with Crippen LogP contribution in [0.25, 0.3) is 11.0 Å². The summed E-state index contributed by atoms with van der Waals surface area (Å²) in [5, 5.41) is 11.8. The molecule has 0 fully saturated rings. The van der Waals surface area contributed by atoms with Gasteiger partial charge in [-0.2, -0.15) is 0 Å². The normalized spacial score (nSPS) is 12.3. The van der Waals surface area contributed by atoms with E-state index < -0.39 is 0 Å². The van der Waals surface area contributed by atoms with Gasteiger partial charge in [-0.1, -0.05) is 6.92 Å². The fourth-order valence-electron chi connectivity index (χ4n) is 1.91. The number of nitrogens with one attached hydrogen (secondary N) is 1. The highest BCUT2D eigenvalue weighted by molar-refractivity contribution is 5.97. The van der Waals surface area contributed by atoms with Crippen molar-refractivity contribution in [3.63, 3.8) is 0 Å². The van der Waals surface area contributed by atoms with Crippen molar-refractivity contribution < 1.29 is 9.90 Å². The van der Waals surface area contributed by atoms with Gasteiger partial charge in [-0.15, -0.1) is 0 Å². The Bertz CT molecular complexity index is 571. The third-order valence-corrected chi connectivity index (χ3v) is 3.04. The number of hydrogen-bond acceptors (Lipinski definition) is 4. The minimum Gasteiger partial charge on any atom is -0.396 e. The highest BCUT2D eigenvalue weighted by Crippen LogP contribution is 2.11. The Kier molecular flexibility index (Phi) is 4.41. The lowest BCUT2D eigenvalue weighted by Crippen LogP contribution is -2.35. The number of aliphatic hydroxyl groups is 1. The average Bonchev–Trinajstić information content (AvgIpc) is 2.46. The van der Waals surface area contributed by atoms with E-state index in [0.29, 0.717) is 17.5 Å². The van der Waals surface area contributed by atoms with Crippen molar-refractivity contribution in [1.29, 1.82) is 0 Å². The molecule has 0 aliphatic carbocycles. The molecule has 19 heavy (non-hydrogen) atoms. The molecule has 2 N–H and O–H groups in total. The molecule has 0 spiro atoms. The van der Waals surface area contributed by atoms with E-state index >= 15 is 0 Å². The second kappa shape index (κ2) is 6.24. The molecule has 2 rings (SSSR count). The van der Waals surface area contributed by atoms with Gasteiger partial charge < -0.3 is 10.4 Å². The second-order valence-electron chi connectivity index (χ2n) is 4.35. The maximum atomic E-state index is 12.1. The molecular weight excluding hydrogens is 242 g/mol. The lowest BCUT2D eigenvalue weighted by Gasteiger charge is -2.15. The summed E-state index contributed by atoms with van der Waals surface area (Å²) in [5.74, 6) is -0.146. The van der Waals surface area contributed by atoms with Gasteiger partial charge in [0.05, 0.1) is 11.0 Å². The van der Waals surface area contributed by atoms with E-state index in [4.69, 9.17) is 5.11 Å². The molecule has 0 aliphatic heterocycles. The summed E-state index contributed by atoms with van der Waals surface area (Å²) < 4.78 is 0. The lowest BCUT2D eigenvalue weighted by atomic mass is 10.1. The molecule has 100 valence electrons. The SMILES string of the molecule is CCC(CCO)NC(=O)c1ccc2nccnc2c1. The van der Waals surface area contributed by atoms with Gasteiger partial charge in [0.1, 0.15) is 0 Å². The fourth-order valence-corrected chi connectivity index (χ4v) is 1.91. The van der Waals surface area contributed by atoms with Crippen molar-refractivity contribution in [2.45, 2.75) is 25.8 Å². The predicted octanol–water partition coefficient (Wildman–Crippen LogP) is 1.52. The van der Waals surface area contributed by atoms with Crippen molar-refractivity contribution in [3.8, 4) is 0 Å². The third kappa shape index (κ3) is 3.26. The fraction of sp³-hybridized carbons (Fsp3) is 0.357. The Labute approximate surface area is 111 Å². The topological polar surface area (TPSA) is 75.1 Å². The molecule has 1 heterocycles. The minimum atomic E-state index is -0.146. The van der Waals surface area contributed by atoms with Crippen LogP contribution < -0.4 is 5.32 Å². The first-order chi connectivity index (χ1) is 9.24. The minimum absolute atomic E-state index is 0.00458. The van der Waals surface area contributed by atoms with Crippen LogP contribution in [0.1, 0.15) is 30.1 Å². The Balaban J connectivity index is 2.16. The largest absolute Gasteiger partial charge is 0.396 e. The number of carbonyl (C=O) groups is 1. The first-order valence-corrected chi connectivity index (χ1v) is 6.37. The van der Waals surface area contributed by atoms with Crippen LogP contribution in [0.5, 0.6) is 0 Å². The Morgan fingerprint density at radius 1 is 1.32 bits per heavy atom. The smallest absolute Gasteiger partial charge is 0.251 e. The zero-order chi connectivity index (χ0) is 13.7. The molecule has 1 aromatic carbocycles. The molecule has 1 amide bonds. The van der Waals surface area contributed by atoms with Gasteiger partial charge in [0, 0.05) is 30.6 Å². The number of fused-ring (bicyclic) bond motifs is 1. The highest BCUT2D eigenvalue weighted by Gasteiger charge is 2.12. The Hall–Kier alpha value is -2.01. The van der Waals surface area contributed by atoms with Gasteiger partial charge in [0.25, 0.3) is 5.91 Å². The molecule has 0 saturated heterocycles.